The van der Waals surface area contributed by atoms with E-state index in [0.29, 0.717) is 12.2 Å². The van der Waals surface area contributed by atoms with Crippen LogP contribution < -0.4 is 4.74 Å². The predicted octanol–water partition coefficient (Wildman–Crippen LogP) is 3.46. The van der Waals surface area contributed by atoms with Gasteiger partial charge in [-0.1, -0.05) is 12.5 Å². The lowest BCUT2D eigenvalue weighted by atomic mass is 10.0. The van der Waals surface area contributed by atoms with E-state index in [1.807, 2.05) is 0 Å². The van der Waals surface area contributed by atoms with Crippen LogP contribution in [0.5, 0.6) is 5.75 Å². The smallest absolute Gasteiger partial charge is 0.311 e. The number of para-hydroxylation sites is 1. The maximum absolute atomic E-state index is 12.5. The van der Waals surface area contributed by atoms with Crippen molar-refractivity contribution in [2.24, 2.45) is 0 Å². The van der Waals surface area contributed by atoms with E-state index in [-0.39, 0.29) is 22.5 Å². The van der Waals surface area contributed by atoms with Gasteiger partial charge in [-0.15, -0.1) is 0 Å². The fraction of sp³-hybridized carbons (Fsp3) is 0.500. The molecule has 0 amide bonds. The first kappa shape index (κ1) is 14.8. The van der Waals surface area contributed by atoms with Gasteiger partial charge in [0.05, 0.1) is 22.3 Å². The molecule has 20 heavy (non-hydrogen) atoms. The van der Waals surface area contributed by atoms with Crippen molar-refractivity contribution in [3.8, 4) is 5.75 Å². The number of carbonyl (C=O) groups is 1. The molecule has 0 radical (unpaired) electrons. The number of nitro benzene ring substituents is 1. The summed E-state index contributed by atoms with van der Waals surface area (Å²) in [6, 6.07) is 4.53. The summed E-state index contributed by atoms with van der Waals surface area (Å²) < 4.78 is 5.37. The zero-order valence-electron chi connectivity index (χ0n) is 11.3. The number of thioether (sulfide) groups is 1. The van der Waals surface area contributed by atoms with E-state index in [0.717, 1.165) is 25.0 Å². The lowest BCUT2D eigenvalue weighted by Gasteiger charge is -2.21. The predicted molar refractivity (Wildman–Crippen MR) is 78.7 cm³/mol. The first-order valence-electron chi connectivity index (χ1n) is 6.71. The molecule has 108 valence electrons. The summed E-state index contributed by atoms with van der Waals surface area (Å²) in [6.07, 6.45) is 2.99. The molecule has 5 nitrogen and oxygen atoms in total. The number of hydrogen-bond acceptors (Lipinski definition) is 5. The average Bonchev–Trinajstić information content (AvgIpc) is 2.47. The Balaban J connectivity index is 2.36. The Bertz CT molecular complexity index is 512. The van der Waals surface area contributed by atoms with Crippen molar-refractivity contribution in [1.29, 1.82) is 0 Å². The Kier molecular flexibility index (Phi) is 5.00. The van der Waals surface area contributed by atoms with Gasteiger partial charge in [0.25, 0.3) is 0 Å². The Morgan fingerprint density at radius 1 is 1.50 bits per heavy atom. The first-order valence-corrected chi connectivity index (χ1v) is 7.76. The van der Waals surface area contributed by atoms with Gasteiger partial charge in [-0.2, -0.15) is 11.8 Å². The molecule has 0 N–H and O–H groups in total. The Hall–Kier alpha value is -1.56. The van der Waals surface area contributed by atoms with E-state index >= 15 is 0 Å². The number of nitrogens with zero attached hydrogens (tertiary/aromatic N) is 1. The average molecular weight is 295 g/mol. The van der Waals surface area contributed by atoms with Crippen LogP contribution in [-0.2, 0) is 0 Å². The normalized spacial score (nSPS) is 18.6. The highest BCUT2D eigenvalue weighted by atomic mass is 32.2. The van der Waals surface area contributed by atoms with Crippen molar-refractivity contribution < 1.29 is 14.5 Å². The Morgan fingerprint density at radius 3 is 2.90 bits per heavy atom. The quantitative estimate of drug-likeness (QED) is 0.472. The molecule has 0 bridgehead atoms. The number of carbonyl (C=O) groups excluding carboxylic acids is 1. The highest BCUT2D eigenvalue weighted by Gasteiger charge is 2.29. The number of ketones is 1. The van der Waals surface area contributed by atoms with Gasteiger partial charge < -0.3 is 4.74 Å². The van der Waals surface area contributed by atoms with Crippen molar-refractivity contribution >= 4 is 23.2 Å². The standard InChI is InChI=1S/C14H17NO4S/c1-2-19-14-10(6-5-7-11(14)15(17)18)13(16)12-8-3-4-9-20-12/h5-7,12H,2-4,8-9H2,1H3. The summed E-state index contributed by atoms with van der Waals surface area (Å²) in [5.74, 6) is 1.02. The fourth-order valence-electron chi connectivity index (χ4n) is 2.28. The lowest BCUT2D eigenvalue weighted by Crippen LogP contribution is -2.22. The number of benzene rings is 1. The summed E-state index contributed by atoms with van der Waals surface area (Å²) in [4.78, 5) is 23.1. The first-order chi connectivity index (χ1) is 9.65. The molecule has 1 heterocycles. The van der Waals surface area contributed by atoms with Gasteiger partial charge in [-0.05, 0) is 31.6 Å². The summed E-state index contributed by atoms with van der Waals surface area (Å²) in [5, 5.41) is 11.0. The Labute approximate surface area is 121 Å². The van der Waals surface area contributed by atoms with Crippen LogP contribution in [0.1, 0.15) is 36.5 Å². The second-order valence-corrected chi connectivity index (χ2v) is 5.87. The second-order valence-electron chi connectivity index (χ2n) is 4.56. The molecular formula is C14H17NO4S. The van der Waals surface area contributed by atoms with Crippen LogP contribution in [0.2, 0.25) is 0 Å². The highest BCUT2D eigenvalue weighted by Crippen LogP contribution is 2.35. The molecule has 1 aromatic carbocycles. The number of ether oxygens (including phenoxy) is 1. The van der Waals surface area contributed by atoms with Crippen LogP contribution >= 0.6 is 11.8 Å². The lowest BCUT2D eigenvalue weighted by molar-refractivity contribution is -0.385. The molecule has 1 fully saturated rings. The van der Waals surface area contributed by atoms with Crippen molar-refractivity contribution in [3.63, 3.8) is 0 Å². The van der Waals surface area contributed by atoms with E-state index in [4.69, 9.17) is 4.74 Å². The number of hydrogen-bond donors (Lipinski definition) is 0. The summed E-state index contributed by atoms with van der Waals surface area (Å²) in [5.41, 5.74) is 0.193. The molecule has 0 aromatic heterocycles. The molecule has 6 heteroatoms. The van der Waals surface area contributed by atoms with Crippen molar-refractivity contribution in [2.75, 3.05) is 12.4 Å². The van der Waals surface area contributed by atoms with E-state index in [2.05, 4.69) is 0 Å². The van der Waals surface area contributed by atoms with E-state index in [1.165, 1.54) is 6.07 Å². The van der Waals surface area contributed by atoms with E-state index in [1.54, 1.807) is 30.8 Å². The molecular weight excluding hydrogens is 278 g/mol. The maximum Gasteiger partial charge on any atom is 0.311 e. The van der Waals surface area contributed by atoms with Crippen LogP contribution in [0.15, 0.2) is 18.2 Å². The summed E-state index contributed by atoms with van der Waals surface area (Å²) in [6.45, 7) is 2.04. The molecule has 1 aromatic rings. The second kappa shape index (κ2) is 6.74. The van der Waals surface area contributed by atoms with Crippen LogP contribution in [0, 0.1) is 10.1 Å². The van der Waals surface area contributed by atoms with Crippen LogP contribution in [0.4, 0.5) is 5.69 Å². The molecule has 0 saturated carbocycles. The van der Waals surface area contributed by atoms with Crippen molar-refractivity contribution in [1.82, 2.24) is 0 Å². The van der Waals surface area contributed by atoms with E-state index in [9.17, 15) is 14.9 Å². The highest BCUT2D eigenvalue weighted by molar-refractivity contribution is 8.00. The molecule has 0 aliphatic carbocycles. The minimum Gasteiger partial charge on any atom is -0.487 e. The van der Waals surface area contributed by atoms with Crippen LogP contribution in [0.3, 0.4) is 0 Å². The van der Waals surface area contributed by atoms with Gasteiger partial charge in [-0.25, -0.2) is 0 Å². The molecule has 1 atom stereocenters. The van der Waals surface area contributed by atoms with Crippen molar-refractivity contribution in [3.05, 3.63) is 33.9 Å². The number of rotatable bonds is 5. The zero-order valence-corrected chi connectivity index (χ0v) is 12.1. The van der Waals surface area contributed by atoms with Gasteiger partial charge in [0, 0.05) is 6.07 Å². The molecule has 0 spiro atoms. The number of Topliss-reactive ketones (excluding diaryl/α,β-unsaturated/α-hetero) is 1. The molecule has 1 unspecified atom stereocenters. The minimum absolute atomic E-state index is 0.0538. The maximum atomic E-state index is 12.5. The largest absolute Gasteiger partial charge is 0.487 e. The van der Waals surface area contributed by atoms with Gasteiger partial charge in [-0.3, -0.25) is 14.9 Å². The van der Waals surface area contributed by atoms with Gasteiger partial charge in [0.2, 0.25) is 5.75 Å². The monoisotopic (exact) mass is 295 g/mol. The van der Waals surface area contributed by atoms with E-state index < -0.39 is 4.92 Å². The summed E-state index contributed by atoms with van der Waals surface area (Å²) in [7, 11) is 0. The third kappa shape index (κ3) is 3.12. The third-order valence-electron chi connectivity index (χ3n) is 3.22. The topological polar surface area (TPSA) is 69.4 Å². The Morgan fingerprint density at radius 2 is 2.30 bits per heavy atom. The molecule has 1 aliphatic heterocycles. The summed E-state index contributed by atoms with van der Waals surface area (Å²) >= 11 is 1.63. The third-order valence-corrected chi connectivity index (χ3v) is 4.59. The van der Waals surface area contributed by atoms with Gasteiger partial charge in [0.1, 0.15) is 0 Å². The molecule has 1 saturated heterocycles. The SMILES string of the molecule is CCOc1c(C(=O)C2CCCCS2)cccc1[N+](=O)[O-]. The van der Waals surface area contributed by atoms with Crippen LogP contribution in [0.25, 0.3) is 0 Å². The van der Waals surface area contributed by atoms with Crippen LogP contribution in [-0.4, -0.2) is 28.3 Å². The zero-order chi connectivity index (χ0) is 14.5. The molecule has 1 aliphatic rings. The minimum atomic E-state index is -0.504. The van der Waals surface area contributed by atoms with Crippen molar-refractivity contribution in [2.45, 2.75) is 31.4 Å². The van der Waals surface area contributed by atoms with Gasteiger partial charge >= 0.3 is 5.69 Å². The fourth-order valence-corrected chi connectivity index (χ4v) is 3.55. The molecule has 2 rings (SSSR count). The number of nitro groups is 1. The van der Waals surface area contributed by atoms with Gasteiger partial charge in [0.15, 0.2) is 5.78 Å².